The molecule has 5 rings (SSSR count). The molecular weight excluding hydrogens is 546 g/mol. The number of nitrogens with zero attached hydrogens (tertiary/aromatic N) is 2. The van der Waals surface area contributed by atoms with Crippen LogP contribution in [-0.2, 0) is 10.0 Å². The molecule has 3 N–H and O–H groups in total. The van der Waals surface area contributed by atoms with Gasteiger partial charge in [-0.25, -0.2) is 8.42 Å². The Hall–Kier alpha value is -4.06. The van der Waals surface area contributed by atoms with Crippen molar-refractivity contribution in [2.45, 2.75) is 21.6 Å². The Bertz CT molecular complexity index is 1690. The predicted molar refractivity (Wildman–Crippen MR) is 151 cm³/mol. The van der Waals surface area contributed by atoms with Crippen molar-refractivity contribution in [1.82, 2.24) is 0 Å². The minimum atomic E-state index is -4.07. The molecule has 0 amide bonds. The van der Waals surface area contributed by atoms with Gasteiger partial charge in [0.1, 0.15) is 5.69 Å². The van der Waals surface area contributed by atoms with E-state index >= 15 is 0 Å². The van der Waals surface area contributed by atoms with Crippen LogP contribution < -0.4 is 15.5 Å². The van der Waals surface area contributed by atoms with Crippen LogP contribution in [0.2, 0.25) is 5.02 Å². The van der Waals surface area contributed by atoms with Crippen molar-refractivity contribution in [1.29, 1.82) is 0 Å². The van der Waals surface area contributed by atoms with Crippen LogP contribution in [0, 0.1) is 10.1 Å². The molecule has 192 valence electrons. The SMILES string of the molecule is CC(=NNc1ccc(S(=O)(=O)Nc2ccc(Cl)cc2)cc1[N+](=O)[O-])c1ccc2c(c1)Nc1ccccc1S2. The first kappa shape index (κ1) is 25.6. The van der Waals surface area contributed by atoms with E-state index in [4.69, 9.17) is 11.6 Å². The number of halogens is 1. The number of para-hydroxylation sites is 1. The molecule has 0 aliphatic carbocycles. The van der Waals surface area contributed by atoms with Crippen molar-refractivity contribution in [2.24, 2.45) is 5.10 Å². The predicted octanol–water partition coefficient (Wildman–Crippen LogP) is 7.09. The highest BCUT2D eigenvalue weighted by Crippen LogP contribution is 2.44. The number of hydrazone groups is 1. The number of anilines is 4. The fraction of sp³-hybridized carbons (Fsp3) is 0.0385. The van der Waals surface area contributed by atoms with Crippen LogP contribution >= 0.6 is 23.4 Å². The van der Waals surface area contributed by atoms with E-state index in [-0.39, 0.29) is 16.3 Å². The maximum Gasteiger partial charge on any atom is 0.295 e. The average molecular weight is 566 g/mol. The second kappa shape index (κ2) is 10.4. The first-order valence-corrected chi connectivity index (χ1v) is 13.9. The molecule has 0 unspecified atom stereocenters. The van der Waals surface area contributed by atoms with E-state index in [2.05, 4.69) is 26.6 Å². The minimum absolute atomic E-state index is 0.0559. The van der Waals surface area contributed by atoms with Crippen molar-refractivity contribution in [3.8, 4) is 0 Å². The number of nitrogens with one attached hydrogen (secondary N) is 3. The topological polar surface area (TPSA) is 126 Å². The van der Waals surface area contributed by atoms with Crippen molar-refractivity contribution in [3.63, 3.8) is 0 Å². The molecule has 0 bridgehead atoms. The summed E-state index contributed by atoms with van der Waals surface area (Å²) >= 11 is 7.51. The number of benzene rings is 4. The van der Waals surface area contributed by atoms with E-state index < -0.39 is 20.6 Å². The Morgan fingerprint density at radius 3 is 2.47 bits per heavy atom. The van der Waals surface area contributed by atoms with Gasteiger partial charge in [-0.15, -0.1) is 0 Å². The fourth-order valence-electron chi connectivity index (χ4n) is 3.73. The van der Waals surface area contributed by atoms with Crippen molar-refractivity contribution in [3.05, 3.63) is 106 Å². The highest BCUT2D eigenvalue weighted by Gasteiger charge is 2.22. The van der Waals surface area contributed by atoms with E-state index in [1.165, 1.54) is 36.4 Å². The largest absolute Gasteiger partial charge is 0.354 e. The highest BCUT2D eigenvalue weighted by molar-refractivity contribution is 7.99. The van der Waals surface area contributed by atoms with Gasteiger partial charge in [-0.05, 0) is 73.2 Å². The second-order valence-corrected chi connectivity index (χ2v) is 11.5. The Balaban J connectivity index is 1.36. The van der Waals surface area contributed by atoms with Crippen LogP contribution in [0.25, 0.3) is 0 Å². The molecule has 1 heterocycles. The molecule has 1 aliphatic rings. The number of fused-ring (bicyclic) bond motifs is 2. The van der Waals surface area contributed by atoms with Crippen LogP contribution in [0.1, 0.15) is 12.5 Å². The van der Waals surface area contributed by atoms with Gasteiger partial charge in [-0.2, -0.15) is 5.10 Å². The highest BCUT2D eigenvalue weighted by atomic mass is 35.5. The van der Waals surface area contributed by atoms with Crippen molar-refractivity contribution < 1.29 is 13.3 Å². The summed E-state index contributed by atoms with van der Waals surface area (Å²) in [5.41, 5.74) is 5.99. The molecule has 12 heteroatoms. The number of sulfonamides is 1. The van der Waals surface area contributed by atoms with Gasteiger partial charge in [0, 0.05) is 26.6 Å². The van der Waals surface area contributed by atoms with Crippen LogP contribution in [0.3, 0.4) is 0 Å². The summed E-state index contributed by atoms with van der Waals surface area (Å²) in [6.45, 7) is 1.78. The van der Waals surface area contributed by atoms with E-state index in [9.17, 15) is 18.5 Å². The third kappa shape index (κ3) is 5.44. The summed E-state index contributed by atoms with van der Waals surface area (Å²) in [4.78, 5) is 13.0. The van der Waals surface area contributed by atoms with Gasteiger partial charge >= 0.3 is 0 Å². The summed E-state index contributed by atoms with van der Waals surface area (Å²) < 4.78 is 28.0. The van der Waals surface area contributed by atoms with Gasteiger partial charge in [0.05, 0.1) is 26.9 Å². The van der Waals surface area contributed by atoms with Crippen LogP contribution in [-0.4, -0.2) is 19.1 Å². The molecule has 4 aromatic rings. The molecular formula is C26H20ClN5O4S2. The molecule has 0 radical (unpaired) electrons. The lowest BCUT2D eigenvalue weighted by Crippen LogP contribution is -2.13. The lowest BCUT2D eigenvalue weighted by Gasteiger charge is -2.21. The minimum Gasteiger partial charge on any atom is -0.354 e. The number of rotatable bonds is 7. The summed E-state index contributed by atoms with van der Waals surface area (Å²) in [7, 11) is -4.07. The Kier molecular flexibility index (Phi) is 6.98. The number of nitro groups is 1. The summed E-state index contributed by atoms with van der Waals surface area (Å²) in [5, 5.41) is 19.9. The number of nitro benzene ring substituents is 1. The first-order chi connectivity index (χ1) is 18.2. The number of hydrogen-bond donors (Lipinski definition) is 3. The average Bonchev–Trinajstić information content (AvgIpc) is 2.91. The van der Waals surface area contributed by atoms with Gasteiger partial charge < -0.3 is 5.32 Å². The third-order valence-corrected chi connectivity index (χ3v) is 8.47. The zero-order chi connectivity index (χ0) is 26.9. The van der Waals surface area contributed by atoms with Crippen molar-refractivity contribution >= 4 is 67.5 Å². The molecule has 0 saturated heterocycles. The van der Waals surface area contributed by atoms with E-state index in [1.807, 2.05) is 36.4 Å². The monoisotopic (exact) mass is 565 g/mol. The van der Waals surface area contributed by atoms with Crippen LogP contribution in [0.15, 0.2) is 105 Å². The van der Waals surface area contributed by atoms with E-state index in [0.717, 1.165) is 32.8 Å². The zero-order valence-corrected chi connectivity index (χ0v) is 22.2. The standard InChI is InChI=1S/C26H20ClN5O4S2/c1-16(17-6-13-26-23(14-17)28-22-4-2-3-5-25(22)37-26)29-30-21-12-11-20(15-24(21)32(33)34)38(35,36)31-19-9-7-18(27)8-10-19/h2-15,28,30-31H,1H3. The molecule has 0 fully saturated rings. The Morgan fingerprint density at radius 1 is 0.974 bits per heavy atom. The van der Waals surface area contributed by atoms with Crippen molar-refractivity contribution in [2.75, 3.05) is 15.5 Å². The molecule has 4 aromatic carbocycles. The molecule has 0 atom stereocenters. The van der Waals surface area contributed by atoms with E-state index in [0.29, 0.717) is 10.7 Å². The molecule has 1 aliphatic heterocycles. The lowest BCUT2D eigenvalue weighted by molar-refractivity contribution is -0.384. The fourth-order valence-corrected chi connectivity index (χ4v) is 5.90. The number of hydrogen-bond acceptors (Lipinski definition) is 8. The Labute approximate surface area is 228 Å². The molecule has 0 saturated carbocycles. The van der Waals surface area contributed by atoms with E-state index in [1.54, 1.807) is 18.7 Å². The maximum absolute atomic E-state index is 12.8. The van der Waals surface area contributed by atoms with Gasteiger partial charge in [0.25, 0.3) is 15.7 Å². The normalized spacial score (nSPS) is 12.6. The zero-order valence-electron chi connectivity index (χ0n) is 19.8. The lowest BCUT2D eigenvalue weighted by atomic mass is 10.1. The van der Waals surface area contributed by atoms with Gasteiger partial charge in [0.2, 0.25) is 0 Å². The molecule has 38 heavy (non-hydrogen) atoms. The first-order valence-electron chi connectivity index (χ1n) is 11.2. The smallest absolute Gasteiger partial charge is 0.295 e. The van der Waals surface area contributed by atoms with Gasteiger partial charge in [0.15, 0.2) is 0 Å². The van der Waals surface area contributed by atoms with Crippen LogP contribution in [0.5, 0.6) is 0 Å². The summed E-state index contributed by atoms with van der Waals surface area (Å²) in [6.07, 6.45) is 0. The van der Waals surface area contributed by atoms with Crippen LogP contribution in [0.4, 0.5) is 28.4 Å². The quantitative estimate of drug-likeness (QED) is 0.109. The second-order valence-electron chi connectivity index (χ2n) is 8.29. The van der Waals surface area contributed by atoms with Gasteiger partial charge in [-0.1, -0.05) is 41.6 Å². The summed E-state index contributed by atoms with van der Waals surface area (Å²) in [5.74, 6) is 0. The molecule has 9 nitrogen and oxygen atoms in total. The summed E-state index contributed by atoms with van der Waals surface area (Å²) in [6, 6.07) is 23.5. The van der Waals surface area contributed by atoms with Gasteiger partial charge in [-0.3, -0.25) is 20.3 Å². The molecule has 0 aromatic heterocycles. The third-order valence-electron chi connectivity index (χ3n) is 5.69. The Morgan fingerprint density at radius 2 is 1.71 bits per heavy atom. The maximum atomic E-state index is 12.8. The molecule has 0 spiro atoms.